The summed E-state index contributed by atoms with van der Waals surface area (Å²) in [6, 6.07) is 30.6. The molecule has 3 aromatic rings. The van der Waals surface area contributed by atoms with E-state index in [2.05, 4.69) is 36.4 Å². The fourth-order valence-electron chi connectivity index (χ4n) is 3.20. The number of carbonyl (C=O) groups is 1. The van der Waals surface area contributed by atoms with E-state index in [1.807, 2.05) is 54.6 Å². The average Bonchev–Trinajstić information content (AvgIpc) is 2.62. The van der Waals surface area contributed by atoms with Crippen LogP contribution in [-0.4, -0.2) is 29.5 Å². The van der Waals surface area contributed by atoms with Crippen LogP contribution < -0.4 is 10.7 Å². The van der Waals surface area contributed by atoms with Crippen LogP contribution in [0.4, 0.5) is 0 Å². The fraction of sp³-hybridized carbons (Fsp3) is 0.0500. The van der Waals surface area contributed by atoms with Crippen LogP contribution in [0.5, 0.6) is 0 Å². The number of carboxylic acids is 1. The van der Waals surface area contributed by atoms with E-state index in [-0.39, 0.29) is 4.44 Å². The van der Waals surface area contributed by atoms with Gasteiger partial charge in [-0.15, -0.1) is 0 Å². The molecule has 0 aromatic heterocycles. The molecule has 0 atom stereocenters. The molecule has 0 fully saturated rings. The van der Waals surface area contributed by atoms with E-state index in [0.29, 0.717) is 0 Å². The minimum absolute atomic E-state index is 0.215. The van der Waals surface area contributed by atoms with E-state index in [0.717, 1.165) is 0 Å². The second-order valence-corrected chi connectivity index (χ2v) is 16.7. The average molecular weight is 409 g/mol. The van der Waals surface area contributed by atoms with Crippen molar-refractivity contribution in [3.63, 3.8) is 0 Å². The van der Waals surface area contributed by atoms with E-state index < -0.39 is 24.3 Å². The summed E-state index contributed by atoms with van der Waals surface area (Å²) in [6.07, 6.45) is 0. The third-order valence-corrected chi connectivity index (χ3v) is 17.9. The van der Waals surface area contributed by atoms with Gasteiger partial charge in [0, 0.05) is 0 Å². The Hall–Kier alpha value is -2.07. The summed E-state index contributed by atoms with van der Waals surface area (Å²) in [6.45, 7) is 0. The fourth-order valence-corrected chi connectivity index (χ4v) is 15.6. The maximum atomic E-state index is 11.8. The monoisotopic (exact) mass is 410 g/mol. The quantitative estimate of drug-likeness (QED) is 0.657. The molecule has 0 aliphatic carbocycles. The molecule has 0 unspecified atom stereocenters. The van der Waals surface area contributed by atoms with Crippen molar-refractivity contribution in [2.45, 2.75) is 4.44 Å². The predicted octanol–water partition coefficient (Wildman–Crippen LogP) is 2.24. The topological polar surface area (TPSA) is 37.3 Å². The van der Waals surface area contributed by atoms with Gasteiger partial charge >= 0.3 is 140 Å². The summed E-state index contributed by atoms with van der Waals surface area (Å²) in [5.41, 5.74) is 0. The summed E-state index contributed by atoms with van der Waals surface area (Å²) < 4.78 is 3.80. The number of benzene rings is 3. The molecule has 0 aliphatic rings. The molecule has 0 saturated heterocycles. The van der Waals surface area contributed by atoms with Crippen LogP contribution in [0.25, 0.3) is 0 Å². The molecule has 2 nitrogen and oxygen atoms in total. The van der Waals surface area contributed by atoms with Gasteiger partial charge in [0.25, 0.3) is 0 Å². The van der Waals surface area contributed by atoms with E-state index in [1.165, 1.54) is 10.7 Å². The third-order valence-electron chi connectivity index (χ3n) is 4.22. The van der Waals surface area contributed by atoms with Gasteiger partial charge < -0.3 is 0 Å². The number of rotatable bonds is 5. The van der Waals surface area contributed by atoms with Crippen LogP contribution in [0, 0.1) is 0 Å². The van der Waals surface area contributed by atoms with Crippen LogP contribution in [0.3, 0.4) is 0 Å². The van der Waals surface area contributed by atoms with Crippen molar-refractivity contribution in [3.8, 4) is 0 Å². The van der Waals surface area contributed by atoms with Gasteiger partial charge in [-0.1, -0.05) is 0 Å². The van der Waals surface area contributed by atoms with Crippen molar-refractivity contribution < 1.29 is 9.90 Å². The molecular weight excluding hydrogens is 391 g/mol. The molecule has 0 bridgehead atoms. The van der Waals surface area contributed by atoms with Gasteiger partial charge in [0.05, 0.1) is 0 Å². The zero-order valence-corrected chi connectivity index (χ0v) is 15.6. The van der Waals surface area contributed by atoms with Gasteiger partial charge in [-0.25, -0.2) is 0 Å². The predicted molar refractivity (Wildman–Crippen MR) is 96.4 cm³/mol. The first kappa shape index (κ1) is 15.8. The number of hydrogen-bond acceptors (Lipinski definition) is 1. The van der Waals surface area contributed by atoms with Crippen molar-refractivity contribution >= 4 is 35.1 Å². The van der Waals surface area contributed by atoms with Crippen molar-refractivity contribution in [2.24, 2.45) is 0 Å². The van der Waals surface area contributed by atoms with E-state index in [1.54, 1.807) is 0 Å². The van der Waals surface area contributed by atoms with Crippen LogP contribution >= 0.6 is 0 Å². The molecule has 114 valence electrons. The molecule has 3 heteroatoms. The Balaban J connectivity index is 2.32. The summed E-state index contributed by atoms with van der Waals surface area (Å²) in [5.74, 6) is -0.725. The van der Waals surface area contributed by atoms with Gasteiger partial charge in [0.15, 0.2) is 0 Å². The first-order chi connectivity index (χ1) is 11.2. The second kappa shape index (κ2) is 7.00. The van der Waals surface area contributed by atoms with Gasteiger partial charge in [-0.05, 0) is 0 Å². The van der Waals surface area contributed by atoms with Crippen LogP contribution in [-0.2, 0) is 4.79 Å². The van der Waals surface area contributed by atoms with Crippen molar-refractivity contribution in [1.82, 2.24) is 0 Å². The van der Waals surface area contributed by atoms with Crippen molar-refractivity contribution in [3.05, 3.63) is 91.0 Å². The van der Waals surface area contributed by atoms with Crippen molar-refractivity contribution in [2.75, 3.05) is 0 Å². The summed E-state index contributed by atoms with van der Waals surface area (Å²) in [4.78, 5) is 11.8. The SMILES string of the molecule is O=C(O)[CH2][Sn]([c]1ccccc1)([c]1ccccc1)[c]1ccccc1. The number of hydrogen-bond donors (Lipinski definition) is 1. The molecule has 3 rings (SSSR count). The molecule has 23 heavy (non-hydrogen) atoms. The molecule has 0 radical (unpaired) electrons. The summed E-state index contributed by atoms with van der Waals surface area (Å²) in [7, 11) is 0. The van der Waals surface area contributed by atoms with Gasteiger partial charge in [0.2, 0.25) is 0 Å². The molecule has 0 heterocycles. The van der Waals surface area contributed by atoms with E-state index in [9.17, 15) is 9.90 Å². The van der Waals surface area contributed by atoms with E-state index >= 15 is 0 Å². The molecule has 0 aliphatic heterocycles. The van der Waals surface area contributed by atoms with Crippen molar-refractivity contribution in [1.29, 1.82) is 0 Å². The zero-order chi connectivity index (χ0) is 16.1. The Bertz CT molecular complexity index is 674. The van der Waals surface area contributed by atoms with E-state index in [4.69, 9.17) is 0 Å². The molecule has 0 saturated carbocycles. The molecule has 0 amide bonds. The third kappa shape index (κ3) is 3.17. The molecule has 3 aromatic carbocycles. The van der Waals surface area contributed by atoms with Crippen LogP contribution in [0.1, 0.15) is 0 Å². The van der Waals surface area contributed by atoms with Crippen LogP contribution in [0.2, 0.25) is 4.44 Å². The molecular formula is C20H18O2Sn. The van der Waals surface area contributed by atoms with Gasteiger partial charge in [-0.3, -0.25) is 0 Å². The molecule has 0 spiro atoms. The Morgan fingerprint density at radius 2 is 0.957 bits per heavy atom. The Labute approximate surface area is 140 Å². The standard InChI is InChI=1S/3C6H5.C2H3O2.Sn/c3*1-2-4-6-5-3-1;1-2(3)4;/h3*1-5H;1H2,(H,3,4);. The van der Waals surface area contributed by atoms with Gasteiger partial charge in [-0.2, -0.15) is 0 Å². The van der Waals surface area contributed by atoms with Gasteiger partial charge in [0.1, 0.15) is 0 Å². The first-order valence-electron chi connectivity index (χ1n) is 7.62. The Morgan fingerprint density at radius 3 is 1.22 bits per heavy atom. The summed E-state index contributed by atoms with van der Waals surface area (Å²) >= 11 is -3.55. The van der Waals surface area contributed by atoms with Crippen LogP contribution in [0.15, 0.2) is 91.0 Å². The molecule has 1 N–H and O–H groups in total. The Kier molecular flexibility index (Phi) is 4.81. The number of aliphatic carboxylic acids is 1. The Morgan fingerprint density at radius 1 is 0.652 bits per heavy atom. The zero-order valence-electron chi connectivity index (χ0n) is 12.7. The first-order valence-corrected chi connectivity index (χ1v) is 13.9. The number of carboxylic acid groups (broad SMARTS) is 1. The summed E-state index contributed by atoms with van der Waals surface area (Å²) in [5, 5.41) is 9.69. The minimum atomic E-state index is -3.55. The second-order valence-electron chi connectivity index (χ2n) is 5.57. The maximum absolute atomic E-state index is 11.8. The normalized spacial score (nSPS) is 11.1.